The average molecular weight is 211 g/mol. The predicted molar refractivity (Wildman–Crippen MR) is 68.0 cm³/mol. The monoisotopic (exact) mass is 211 g/mol. The third kappa shape index (κ3) is 4.14. The number of rotatable bonds is 4. The van der Waals surface area contributed by atoms with Crippen molar-refractivity contribution in [3.05, 3.63) is 0 Å². The molecular weight excluding hydrogens is 182 g/mol. The summed E-state index contributed by atoms with van der Waals surface area (Å²) in [6.45, 7) is 11.7. The molecule has 0 aromatic heterocycles. The Balaban J connectivity index is 2.25. The SMILES string of the molecule is CC(C)C1CCC(NC(C)C(C)C)CC1. The van der Waals surface area contributed by atoms with E-state index in [0.29, 0.717) is 6.04 Å². The lowest BCUT2D eigenvalue weighted by molar-refractivity contribution is 0.221. The molecule has 0 amide bonds. The average Bonchev–Trinajstić information content (AvgIpc) is 2.18. The topological polar surface area (TPSA) is 12.0 Å². The molecule has 1 atom stereocenters. The highest BCUT2D eigenvalue weighted by molar-refractivity contribution is 4.81. The van der Waals surface area contributed by atoms with E-state index >= 15 is 0 Å². The molecule has 1 rings (SSSR count). The molecule has 1 heteroatoms. The van der Waals surface area contributed by atoms with Crippen LogP contribution in [0.25, 0.3) is 0 Å². The fraction of sp³-hybridized carbons (Fsp3) is 1.00. The van der Waals surface area contributed by atoms with Gasteiger partial charge in [-0.2, -0.15) is 0 Å². The second-order valence-corrected chi connectivity index (χ2v) is 6.06. The van der Waals surface area contributed by atoms with Crippen molar-refractivity contribution >= 4 is 0 Å². The molecule has 1 N–H and O–H groups in total. The van der Waals surface area contributed by atoms with E-state index in [9.17, 15) is 0 Å². The van der Waals surface area contributed by atoms with E-state index in [1.54, 1.807) is 0 Å². The lowest BCUT2D eigenvalue weighted by atomic mass is 9.79. The minimum Gasteiger partial charge on any atom is -0.311 e. The minimum atomic E-state index is 0.672. The van der Waals surface area contributed by atoms with E-state index in [2.05, 4.69) is 39.9 Å². The van der Waals surface area contributed by atoms with Crippen LogP contribution in [-0.4, -0.2) is 12.1 Å². The first-order valence-corrected chi connectivity index (χ1v) is 6.76. The van der Waals surface area contributed by atoms with Crippen LogP contribution in [0, 0.1) is 17.8 Å². The summed E-state index contributed by atoms with van der Waals surface area (Å²) in [7, 11) is 0. The van der Waals surface area contributed by atoms with E-state index in [1.807, 2.05) is 0 Å². The standard InChI is InChI=1S/C14H29N/c1-10(2)12(5)15-14-8-6-13(7-9-14)11(3)4/h10-15H,6-9H2,1-5H3. The zero-order valence-corrected chi connectivity index (χ0v) is 11.2. The molecule has 0 spiro atoms. The van der Waals surface area contributed by atoms with Gasteiger partial charge < -0.3 is 5.32 Å². The second-order valence-electron chi connectivity index (χ2n) is 6.06. The van der Waals surface area contributed by atoms with Gasteiger partial charge in [-0.25, -0.2) is 0 Å². The smallest absolute Gasteiger partial charge is 0.00698 e. The summed E-state index contributed by atoms with van der Waals surface area (Å²) in [6.07, 6.45) is 5.64. The first-order chi connectivity index (χ1) is 7.00. The van der Waals surface area contributed by atoms with Crippen molar-refractivity contribution in [3.8, 4) is 0 Å². The molecule has 15 heavy (non-hydrogen) atoms. The molecule has 0 saturated heterocycles. The van der Waals surface area contributed by atoms with Gasteiger partial charge in [-0.15, -0.1) is 0 Å². The zero-order valence-electron chi connectivity index (χ0n) is 11.2. The second kappa shape index (κ2) is 5.89. The third-order valence-corrected chi connectivity index (χ3v) is 4.21. The number of nitrogens with one attached hydrogen (secondary N) is 1. The Morgan fingerprint density at radius 3 is 1.80 bits per heavy atom. The highest BCUT2D eigenvalue weighted by atomic mass is 14.9. The van der Waals surface area contributed by atoms with Crippen LogP contribution in [-0.2, 0) is 0 Å². The van der Waals surface area contributed by atoms with Crippen LogP contribution < -0.4 is 5.32 Å². The fourth-order valence-electron chi connectivity index (χ4n) is 2.52. The van der Waals surface area contributed by atoms with Gasteiger partial charge in [0, 0.05) is 12.1 Å². The molecule has 1 aliphatic rings. The molecule has 1 unspecified atom stereocenters. The maximum atomic E-state index is 3.78. The minimum absolute atomic E-state index is 0.672. The predicted octanol–water partition coefficient (Wildman–Crippen LogP) is 3.84. The van der Waals surface area contributed by atoms with Gasteiger partial charge in [0.2, 0.25) is 0 Å². The Kier molecular flexibility index (Phi) is 5.11. The van der Waals surface area contributed by atoms with Crippen molar-refractivity contribution in [2.45, 2.75) is 72.4 Å². The fourth-order valence-corrected chi connectivity index (χ4v) is 2.52. The number of hydrogen-bond donors (Lipinski definition) is 1. The summed E-state index contributed by atoms with van der Waals surface area (Å²) >= 11 is 0. The van der Waals surface area contributed by atoms with Gasteiger partial charge in [0.15, 0.2) is 0 Å². The van der Waals surface area contributed by atoms with Crippen molar-refractivity contribution < 1.29 is 0 Å². The largest absolute Gasteiger partial charge is 0.311 e. The molecule has 0 bridgehead atoms. The summed E-state index contributed by atoms with van der Waals surface area (Å²) < 4.78 is 0. The molecule has 1 fully saturated rings. The molecule has 0 radical (unpaired) electrons. The Bertz CT molecular complexity index is 166. The summed E-state index contributed by atoms with van der Waals surface area (Å²) in [5.74, 6) is 2.62. The molecule has 0 heterocycles. The Morgan fingerprint density at radius 2 is 1.40 bits per heavy atom. The van der Waals surface area contributed by atoms with Crippen LogP contribution in [0.15, 0.2) is 0 Å². The highest BCUT2D eigenvalue weighted by Crippen LogP contribution is 2.30. The van der Waals surface area contributed by atoms with Gasteiger partial charge in [0.05, 0.1) is 0 Å². The zero-order chi connectivity index (χ0) is 11.4. The molecular formula is C14H29N. The lowest BCUT2D eigenvalue weighted by Crippen LogP contribution is -2.41. The summed E-state index contributed by atoms with van der Waals surface area (Å²) in [5.41, 5.74) is 0. The van der Waals surface area contributed by atoms with E-state index in [-0.39, 0.29) is 0 Å². The van der Waals surface area contributed by atoms with Crippen LogP contribution in [0.5, 0.6) is 0 Å². The van der Waals surface area contributed by atoms with Crippen LogP contribution in [0.3, 0.4) is 0 Å². The summed E-state index contributed by atoms with van der Waals surface area (Å²) in [4.78, 5) is 0. The Hall–Kier alpha value is -0.0400. The molecule has 0 aromatic rings. The van der Waals surface area contributed by atoms with Crippen LogP contribution >= 0.6 is 0 Å². The van der Waals surface area contributed by atoms with Gasteiger partial charge in [0.1, 0.15) is 0 Å². The van der Waals surface area contributed by atoms with Crippen molar-refractivity contribution in [1.29, 1.82) is 0 Å². The van der Waals surface area contributed by atoms with Gasteiger partial charge in [-0.05, 0) is 50.4 Å². The molecule has 1 nitrogen and oxygen atoms in total. The Morgan fingerprint density at radius 1 is 0.867 bits per heavy atom. The highest BCUT2D eigenvalue weighted by Gasteiger charge is 2.24. The van der Waals surface area contributed by atoms with Crippen LogP contribution in [0.1, 0.15) is 60.3 Å². The first-order valence-electron chi connectivity index (χ1n) is 6.76. The molecule has 0 aliphatic heterocycles. The summed E-state index contributed by atoms with van der Waals surface area (Å²) in [5, 5.41) is 3.78. The maximum absolute atomic E-state index is 3.78. The van der Waals surface area contributed by atoms with Gasteiger partial charge >= 0.3 is 0 Å². The van der Waals surface area contributed by atoms with Gasteiger partial charge in [0.25, 0.3) is 0 Å². The maximum Gasteiger partial charge on any atom is 0.00698 e. The van der Waals surface area contributed by atoms with Crippen molar-refractivity contribution in [2.24, 2.45) is 17.8 Å². The van der Waals surface area contributed by atoms with E-state index in [0.717, 1.165) is 23.8 Å². The van der Waals surface area contributed by atoms with Gasteiger partial charge in [-0.3, -0.25) is 0 Å². The van der Waals surface area contributed by atoms with Crippen LogP contribution in [0.2, 0.25) is 0 Å². The van der Waals surface area contributed by atoms with E-state index in [4.69, 9.17) is 0 Å². The number of hydrogen-bond acceptors (Lipinski definition) is 1. The quantitative estimate of drug-likeness (QED) is 0.745. The Labute approximate surface area is 96.0 Å². The van der Waals surface area contributed by atoms with Crippen molar-refractivity contribution in [3.63, 3.8) is 0 Å². The summed E-state index contributed by atoms with van der Waals surface area (Å²) in [6, 6.07) is 1.46. The molecule has 0 aromatic carbocycles. The normalized spacial score (nSPS) is 29.8. The third-order valence-electron chi connectivity index (χ3n) is 4.21. The molecule has 1 aliphatic carbocycles. The molecule has 1 saturated carbocycles. The van der Waals surface area contributed by atoms with Gasteiger partial charge in [-0.1, -0.05) is 27.7 Å². The first kappa shape index (κ1) is 13.0. The van der Waals surface area contributed by atoms with E-state index in [1.165, 1.54) is 25.7 Å². The van der Waals surface area contributed by atoms with Crippen LogP contribution in [0.4, 0.5) is 0 Å². The molecule has 90 valence electrons. The van der Waals surface area contributed by atoms with Crippen molar-refractivity contribution in [1.82, 2.24) is 5.32 Å². The lowest BCUT2D eigenvalue weighted by Gasteiger charge is -2.34. The van der Waals surface area contributed by atoms with E-state index < -0.39 is 0 Å². The van der Waals surface area contributed by atoms with Crippen molar-refractivity contribution in [2.75, 3.05) is 0 Å².